The zero-order valence-electron chi connectivity index (χ0n) is 14.0. The first-order valence-corrected chi connectivity index (χ1v) is 8.79. The van der Waals surface area contributed by atoms with Crippen molar-refractivity contribution < 1.29 is 19.5 Å². The molecule has 3 atom stereocenters. The maximum absolute atomic E-state index is 13.0. The molecule has 2 heterocycles. The van der Waals surface area contributed by atoms with Gasteiger partial charge >= 0.3 is 5.97 Å². The van der Waals surface area contributed by atoms with E-state index >= 15 is 0 Å². The Bertz CT molecular complexity index is 708. The van der Waals surface area contributed by atoms with Crippen LogP contribution in [0.15, 0.2) is 24.3 Å². The number of aliphatic carboxylic acids is 1. The molecule has 7 heteroatoms. The van der Waals surface area contributed by atoms with Gasteiger partial charge < -0.3 is 14.9 Å². The number of carboxylic acid groups (broad SMARTS) is 1. The third-order valence-corrected chi connectivity index (χ3v) is 5.41. The highest BCUT2D eigenvalue weighted by atomic mass is 35.5. The van der Waals surface area contributed by atoms with Gasteiger partial charge in [-0.3, -0.25) is 14.4 Å². The van der Waals surface area contributed by atoms with Gasteiger partial charge in [0.05, 0.1) is 17.9 Å². The maximum Gasteiger partial charge on any atom is 0.308 e. The molecule has 0 radical (unpaired) electrons. The predicted molar refractivity (Wildman–Crippen MR) is 92.0 cm³/mol. The molecule has 0 aromatic heterocycles. The molecule has 0 aliphatic carbocycles. The largest absolute Gasteiger partial charge is 0.481 e. The Morgan fingerprint density at radius 2 is 2.08 bits per heavy atom. The normalized spacial score (nSPS) is 26.8. The van der Waals surface area contributed by atoms with E-state index in [9.17, 15) is 19.5 Å². The Hall–Kier alpha value is -2.08. The SMILES string of the molecule is CN1C(=O)CC(C(=O)N2CCCC(C(=O)O)C2)C1c1cccc(Cl)c1. The number of rotatable bonds is 3. The molecular formula is C18H21ClN2O4. The Morgan fingerprint density at radius 1 is 1.32 bits per heavy atom. The monoisotopic (exact) mass is 364 g/mol. The average molecular weight is 365 g/mol. The number of likely N-dealkylation sites (tertiary alicyclic amines) is 2. The first-order chi connectivity index (χ1) is 11.9. The Morgan fingerprint density at radius 3 is 2.76 bits per heavy atom. The van der Waals surface area contributed by atoms with Gasteiger partial charge in [0.25, 0.3) is 0 Å². The summed E-state index contributed by atoms with van der Waals surface area (Å²) >= 11 is 6.07. The van der Waals surface area contributed by atoms with Gasteiger partial charge in [-0.2, -0.15) is 0 Å². The van der Waals surface area contributed by atoms with Crippen LogP contribution in [0, 0.1) is 11.8 Å². The molecule has 2 fully saturated rings. The van der Waals surface area contributed by atoms with E-state index in [-0.39, 0.29) is 30.8 Å². The fraction of sp³-hybridized carbons (Fsp3) is 0.500. The van der Waals surface area contributed by atoms with E-state index in [0.29, 0.717) is 24.4 Å². The summed E-state index contributed by atoms with van der Waals surface area (Å²) in [5.41, 5.74) is 0.825. The first kappa shape index (κ1) is 17.7. The van der Waals surface area contributed by atoms with E-state index in [0.717, 1.165) is 5.56 Å². The van der Waals surface area contributed by atoms with E-state index in [1.165, 1.54) is 0 Å². The third-order valence-electron chi connectivity index (χ3n) is 5.18. The lowest BCUT2D eigenvalue weighted by molar-refractivity contribution is -0.147. The van der Waals surface area contributed by atoms with E-state index in [1.54, 1.807) is 35.0 Å². The molecule has 6 nitrogen and oxygen atoms in total. The van der Waals surface area contributed by atoms with Gasteiger partial charge in [-0.1, -0.05) is 23.7 Å². The van der Waals surface area contributed by atoms with Crippen LogP contribution in [0.3, 0.4) is 0 Å². The number of amides is 2. The summed E-state index contributed by atoms with van der Waals surface area (Å²) in [7, 11) is 1.69. The second-order valence-electron chi connectivity index (χ2n) is 6.78. The van der Waals surface area contributed by atoms with Gasteiger partial charge in [-0.15, -0.1) is 0 Å². The number of carbonyl (C=O) groups is 3. The van der Waals surface area contributed by atoms with Gasteiger partial charge in [0.15, 0.2) is 0 Å². The van der Waals surface area contributed by atoms with Crippen molar-refractivity contribution in [2.45, 2.75) is 25.3 Å². The summed E-state index contributed by atoms with van der Waals surface area (Å²) in [5, 5.41) is 9.79. The van der Waals surface area contributed by atoms with E-state index in [2.05, 4.69) is 0 Å². The number of halogens is 1. The van der Waals surface area contributed by atoms with Crippen LogP contribution in [-0.2, 0) is 14.4 Å². The molecular weight excluding hydrogens is 344 g/mol. The lowest BCUT2D eigenvalue weighted by Crippen LogP contribution is -2.45. The molecule has 3 rings (SSSR count). The molecule has 0 saturated carbocycles. The van der Waals surface area contributed by atoms with Crippen molar-refractivity contribution in [1.29, 1.82) is 0 Å². The Balaban J connectivity index is 1.85. The fourth-order valence-corrected chi connectivity index (χ4v) is 4.05. The second-order valence-corrected chi connectivity index (χ2v) is 7.21. The standard InChI is InChI=1S/C18H21ClN2O4/c1-20-15(22)9-14(16(20)11-4-2-6-13(19)8-11)17(23)21-7-3-5-12(10-21)18(24)25/h2,4,6,8,12,14,16H,3,5,7,9-10H2,1H3,(H,24,25). The summed E-state index contributed by atoms with van der Waals surface area (Å²) < 4.78 is 0. The summed E-state index contributed by atoms with van der Waals surface area (Å²) in [6, 6.07) is 6.82. The molecule has 2 aliphatic rings. The van der Waals surface area contributed by atoms with Crippen molar-refractivity contribution in [3.63, 3.8) is 0 Å². The molecule has 0 bridgehead atoms. The lowest BCUT2D eigenvalue weighted by atomic mass is 9.90. The molecule has 1 aromatic rings. The molecule has 3 unspecified atom stereocenters. The molecule has 2 saturated heterocycles. The summed E-state index contributed by atoms with van der Waals surface area (Å²) in [4.78, 5) is 39.7. The predicted octanol–water partition coefficient (Wildman–Crippen LogP) is 2.18. The zero-order valence-corrected chi connectivity index (χ0v) is 14.8. The topological polar surface area (TPSA) is 77.9 Å². The number of nitrogens with zero attached hydrogens (tertiary/aromatic N) is 2. The van der Waals surface area contributed by atoms with Crippen LogP contribution >= 0.6 is 11.6 Å². The molecule has 2 aliphatic heterocycles. The van der Waals surface area contributed by atoms with Crippen LogP contribution in [-0.4, -0.2) is 52.8 Å². The number of piperidine rings is 1. The minimum absolute atomic E-state index is 0.0879. The molecule has 1 aromatic carbocycles. The van der Waals surface area contributed by atoms with Gasteiger partial charge in [0.2, 0.25) is 11.8 Å². The highest BCUT2D eigenvalue weighted by Crippen LogP contribution is 2.39. The van der Waals surface area contributed by atoms with Crippen molar-refractivity contribution >= 4 is 29.4 Å². The van der Waals surface area contributed by atoms with Crippen molar-refractivity contribution in [2.24, 2.45) is 11.8 Å². The molecule has 1 N–H and O–H groups in total. The second kappa shape index (κ2) is 7.04. The van der Waals surface area contributed by atoms with E-state index in [1.807, 2.05) is 6.07 Å². The van der Waals surface area contributed by atoms with Crippen LogP contribution in [0.2, 0.25) is 5.02 Å². The maximum atomic E-state index is 13.0. The van der Waals surface area contributed by atoms with Crippen LogP contribution < -0.4 is 0 Å². The summed E-state index contributed by atoms with van der Waals surface area (Å²) in [6.45, 7) is 0.754. The van der Waals surface area contributed by atoms with Crippen molar-refractivity contribution in [3.05, 3.63) is 34.9 Å². The Kier molecular flexibility index (Phi) is 4.99. The lowest BCUT2D eigenvalue weighted by Gasteiger charge is -2.34. The fourth-order valence-electron chi connectivity index (χ4n) is 3.85. The minimum atomic E-state index is -0.872. The minimum Gasteiger partial charge on any atom is -0.481 e. The molecule has 25 heavy (non-hydrogen) atoms. The average Bonchev–Trinajstić information content (AvgIpc) is 2.89. The van der Waals surface area contributed by atoms with Crippen LogP contribution in [0.1, 0.15) is 30.9 Å². The quantitative estimate of drug-likeness (QED) is 0.891. The summed E-state index contributed by atoms with van der Waals surface area (Å²) in [6.07, 6.45) is 1.39. The number of hydrogen-bond acceptors (Lipinski definition) is 3. The van der Waals surface area contributed by atoms with Gasteiger partial charge in [0, 0.05) is 31.6 Å². The highest BCUT2D eigenvalue weighted by Gasteiger charge is 2.45. The van der Waals surface area contributed by atoms with Crippen molar-refractivity contribution in [2.75, 3.05) is 20.1 Å². The molecule has 134 valence electrons. The highest BCUT2D eigenvalue weighted by molar-refractivity contribution is 6.30. The number of carbonyl (C=O) groups excluding carboxylic acids is 2. The summed E-state index contributed by atoms with van der Waals surface area (Å²) in [5.74, 6) is -2.15. The van der Waals surface area contributed by atoms with Crippen LogP contribution in [0.5, 0.6) is 0 Å². The molecule has 0 spiro atoms. The van der Waals surface area contributed by atoms with Gasteiger partial charge in [0.1, 0.15) is 0 Å². The van der Waals surface area contributed by atoms with Crippen LogP contribution in [0.25, 0.3) is 0 Å². The zero-order chi connectivity index (χ0) is 18.1. The van der Waals surface area contributed by atoms with Crippen molar-refractivity contribution in [1.82, 2.24) is 9.80 Å². The number of benzene rings is 1. The first-order valence-electron chi connectivity index (χ1n) is 8.41. The van der Waals surface area contributed by atoms with Gasteiger partial charge in [-0.25, -0.2) is 0 Å². The van der Waals surface area contributed by atoms with Crippen molar-refractivity contribution in [3.8, 4) is 0 Å². The molecule has 2 amide bonds. The number of carboxylic acids is 1. The van der Waals surface area contributed by atoms with E-state index in [4.69, 9.17) is 11.6 Å². The van der Waals surface area contributed by atoms with Crippen LogP contribution in [0.4, 0.5) is 0 Å². The third kappa shape index (κ3) is 3.49. The smallest absolute Gasteiger partial charge is 0.308 e. The Labute approximate surface area is 151 Å². The number of hydrogen-bond donors (Lipinski definition) is 1. The van der Waals surface area contributed by atoms with E-state index < -0.39 is 17.8 Å². The van der Waals surface area contributed by atoms with Gasteiger partial charge in [-0.05, 0) is 30.5 Å².